The third-order valence-electron chi connectivity index (χ3n) is 4.86. The van der Waals surface area contributed by atoms with Gasteiger partial charge >= 0.3 is 0 Å². The van der Waals surface area contributed by atoms with Gasteiger partial charge in [0, 0.05) is 30.9 Å². The number of aryl methyl sites for hydroxylation is 1. The number of hydrogen-bond acceptors (Lipinski definition) is 1. The minimum Gasteiger partial charge on any atom is -1.00 e. The molecule has 0 fully saturated rings. The summed E-state index contributed by atoms with van der Waals surface area (Å²) in [7, 11) is 0. The maximum atomic E-state index is 4.04. The topological polar surface area (TPSA) is 16.8 Å². The molecule has 148 valence electrons. The van der Waals surface area contributed by atoms with E-state index < -0.39 is 0 Å². The Labute approximate surface area is 176 Å². The van der Waals surface area contributed by atoms with Crippen molar-refractivity contribution in [1.29, 1.82) is 0 Å². The largest absolute Gasteiger partial charge is 1.00 e. The Morgan fingerprint density at radius 3 is 1.74 bits per heavy atom. The average molecular weight is 431 g/mol. The standard InChI is InChI=1S/C24H35N2.BrH/c1-2-3-4-5-6-7-8-9-10-11-20-26-21-16-24(17-22-26)13-12-23-14-18-25-19-15-23;/h12-19,21-22H,2-11,20H2,1H3;1H/q+1;/p-1. The highest BCUT2D eigenvalue weighted by Gasteiger charge is 2.00. The van der Waals surface area contributed by atoms with E-state index in [0.717, 1.165) is 6.54 Å². The van der Waals surface area contributed by atoms with Gasteiger partial charge in [0.15, 0.2) is 12.4 Å². The van der Waals surface area contributed by atoms with Crippen LogP contribution in [-0.2, 0) is 6.54 Å². The van der Waals surface area contributed by atoms with E-state index in [4.69, 9.17) is 0 Å². The normalized spacial score (nSPS) is 10.9. The Morgan fingerprint density at radius 1 is 0.704 bits per heavy atom. The van der Waals surface area contributed by atoms with E-state index in [0.29, 0.717) is 0 Å². The molecule has 0 saturated carbocycles. The van der Waals surface area contributed by atoms with Gasteiger partial charge in [-0.05, 0) is 29.7 Å². The van der Waals surface area contributed by atoms with E-state index in [1.54, 1.807) is 0 Å². The molecule has 2 rings (SSSR count). The number of rotatable bonds is 13. The zero-order valence-corrected chi connectivity index (χ0v) is 18.4. The van der Waals surface area contributed by atoms with Gasteiger partial charge in [-0.25, -0.2) is 4.57 Å². The lowest BCUT2D eigenvalue weighted by Gasteiger charge is -2.01. The first-order chi connectivity index (χ1) is 12.9. The molecule has 2 aromatic rings. The highest BCUT2D eigenvalue weighted by atomic mass is 79.9. The summed E-state index contributed by atoms with van der Waals surface area (Å²) in [5.41, 5.74) is 2.42. The van der Waals surface area contributed by atoms with Crippen molar-refractivity contribution in [3.63, 3.8) is 0 Å². The number of pyridine rings is 2. The van der Waals surface area contributed by atoms with Crippen LogP contribution in [0.2, 0.25) is 0 Å². The van der Waals surface area contributed by atoms with E-state index in [1.807, 2.05) is 24.5 Å². The van der Waals surface area contributed by atoms with Crippen molar-refractivity contribution in [2.45, 2.75) is 77.7 Å². The molecular weight excluding hydrogens is 396 g/mol. The molecule has 0 bridgehead atoms. The summed E-state index contributed by atoms with van der Waals surface area (Å²) in [5.74, 6) is 0. The zero-order valence-electron chi connectivity index (χ0n) is 16.8. The fourth-order valence-corrected chi connectivity index (χ4v) is 3.18. The van der Waals surface area contributed by atoms with Crippen molar-refractivity contribution in [3.8, 4) is 0 Å². The lowest BCUT2D eigenvalue weighted by atomic mass is 10.1. The summed E-state index contributed by atoms with van der Waals surface area (Å²) < 4.78 is 2.30. The Balaban J connectivity index is 0.00000364. The van der Waals surface area contributed by atoms with Crippen molar-refractivity contribution in [2.75, 3.05) is 0 Å². The van der Waals surface area contributed by atoms with E-state index in [1.165, 1.54) is 75.3 Å². The summed E-state index contributed by atoms with van der Waals surface area (Å²) in [6, 6.07) is 8.41. The third-order valence-corrected chi connectivity index (χ3v) is 4.86. The number of unbranched alkanes of at least 4 members (excludes halogenated alkanes) is 9. The van der Waals surface area contributed by atoms with E-state index >= 15 is 0 Å². The van der Waals surface area contributed by atoms with Gasteiger partial charge in [-0.1, -0.05) is 70.4 Å². The molecule has 2 heterocycles. The molecule has 3 heteroatoms. The van der Waals surface area contributed by atoms with Crippen molar-refractivity contribution in [3.05, 3.63) is 60.2 Å². The van der Waals surface area contributed by atoms with Gasteiger partial charge in [-0.2, -0.15) is 0 Å². The number of nitrogens with zero attached hydrogens (tertiary/aromatic N) is 2. The van der Waals surface area contributed by atoms with E-state index in [-0.39, 0.29) is 17.0 Å². The molecule has 0 radical (unpaired) electrons. The molecule has 0 spiro atoms. The first-order valence-corrected chi connectivity index (χ1v) is 10.5. The molecular formula is C24H35BrN2. The second kappa shape index (κ2) is 15.6. The Hall–Kier alpha value is -1.48. The second-order valence-corrected chi connectivity index (χ2v) is 7.17. The molecule has 0 unspecified atom stereocenters. The molecule has 0 aliphatic carbocycles. The maximum absolute atomic E-state index is 4.04. The second-order valence-electron chi connectivity index (χ2n) is 7.17. The zero-order chi connectivity index (χ0) is 18.3. The molecule has 2 aromatic heterocycles. The predicted molar refractivity (Wildman–Crippen MR) is 112 cm³/mol. The monoisotopic (exact) mass is 430 g/mol. The van der Waals surface area contributed by atoms with Crippen LogP contribution in [0.3, 0.4) is 0 Å². The van der Waals surface area contributed by atoms with Crippen LogP contribution in [0.4, 0.5) is 0 Å². The lowest BCUT2D eigenvalue weighted by molar-refractivity contribution is -0.697. The smallest absolute Gasteiger partial charge is 0.169 e. The van der Waals surface area contributed by atoms with E-state index in [2.05, 4.69) is 53.2 Å². The first-order valence-electron chi connectivity index (χ1n) is 10.5. The molecule has 0 aromatic carbocycles. The minimum absolute atomic E-state index is 0. The molecule has 0 amide bonds. The molecule has 0 aliphatic heterocycles. The number of hydrogen-bond donors (Lipinski definition) is 0. The lowest BCUT2D eigenvalue weighted by Crippen LogP contribution is -3.00. The SMILES string of the molecule is CCCCCCCCCCCC[n+]1ccc(C=Cc2ccncc2)cc1.[Br-]. The van der Waals surface area contributed by atoms with Gasteiger partial charge in [0.2, 0.25) is 0 Å². The fourth-order valence-electron chi connectivity index (χ4n) is 3.18. The maximum Gasteiger partial charge on any atom is 0.169 e. The van der Waals surface area contributed by atoms with Crippen LogP contribution in [0.15, 0.2) is 49.1 Å². The van der Waals surface area contributed by atoms with Crippen LogP contribution >= 0.6 is 0 Å². The van der Waals surface area contributed by atoms with Gasteiger partial charge in [-0.3, -0.25) is 4.98 Å². The molecule has 0 atom stereocenters. The highest BCUT2D eigenvalue weighted by Crippen LogP contribution is 2.10. The summed E-state index contributed by atoms with van der Waals surface area (Å²) >= 11 is 0. The molecule has 0 saturated heterocycles. The van der Waals surface area contributed by atoms with E-state index in [9.17, 15) is 0 Å². The van der Waals surface area contributed by atoms with Gasteiger partial charge in [0.1, 0.15) is 6.54 Å². The van der Waals surface area contributed by atoms with Crippen LogP contribution in [0.5, 0.6) is 0 Å². The summed E-state index contributed by atoms with van der Waals surface area (Å²) in [4.78, 5) is 4.04. The Morgan fingerprint density at radius 2 is 1.19 bits per heavy atom. The fraction of sp³-hybridized carbons (Fsp3) is 0.500. The van der Waals surface area contributed by atoms with Crippen molar-refractivity contribution in [2.24, 2.45) is 0 Å². The minimum atomic E-state index is 0. The summed E-state index contributed by atoms with van der Waals surface area (Å²) in [6.45, 7) is 3.41. The van der Waals surface area contributed by atoms with Crippen LogP contribution in [0, 0.1) is 0 Å². The molecule has 2 nitrogen and oxygen atoms in total. The van der Waals surface area contributed by atoms with Crippen molar-refractivity contribution in [1.82, 2.24) is 4.98 Å². The van der Waals surface area contributed by atoms with Crippen molar-refractivity contribution < 1.29 is 21.5 Å². The third kappa shape index (κ3) is 11.1. The first kappa shape index (κ1) is 23.6. The van der Waals surface area contributed by atoms with Gasteiger partial charge in [0.25, 0.3) is 0 Å². The predicted octanol–water partition coefficient (Wildman–Crippen LogP) is 3.46. The Kier molecular flexibility index (Phi) is 13.6. The van der Waals surface area contributed by atoms with Crippen LogP contribution in [-0.4, -0.2) is 4.98 Å². The molecule has 0 N–H and O–H groups in total. The summed E-state index contributed by atoms with van der Waals surface area (Å²) in [6.07, 6.45) is 26.2. The molecule has 27 heavy (non-hydrogen) atoms. The molecule has 0 aliphatic rings. The number of halogens is 1. The van der Waals surface area contributed by atoms with Crippen LogP contribution in [0.25, 0.3) is 12.2 Å². The average Bonchev–Trinajstić information content (AvgIpc) is 2.69. The van der Waals surface area contributed by atoms with Crippen LogP contribution < -0.4 is 21.5 Å². The van der Waals surface area contributed by atoms with Gasteiger partial charge in [-0.15, -0.1) is 0 Å². The van der Waals surface area contributed by atoms with Gasteiger partial charge in [0.05, 0.1) is 0 Å². The Bertz CT molecular complexity index is 608. The van der Waals surface area contributed by atoms with Crippen molar-refractivity contribution >= 4 is 12.2 Å². The highest BCUT2D eigenvalue weighted by molar-refractivity contribution is 5.68. The quantitative estimate of drug-likeness (QED) is 0.351. The van der Waals surface area contributed by atoms with Gasteiger partial charge < -0.3 is 17.0 Å². The van der Waals surface area contributed by atoms with Crippen LogP contribution in [0.1, 0.15) is 82.3 Å². The number of aromatic nitrogens is 2. The summed E-state index contributed by atoms with van der Waals surface area (Å²) in [5, 5.41) is 0.